The number of anilines is 2. The lowest BCUT2D eigenvalue weighted by atomic mass is 9.81. The first-order valence-corrected chi connectivity index (χ1v) is 15.2. The minimum Gasteiger partial charge on any atom is -0.347 e. The predicted octanol–water partition coefficient (Wildman–Crippen LogP) is 6.16. The van der Waals surface area contributed by atoms with E-state index in [2.05, 4.69) is 49.6 Å². The summed E-state index contributed by atoms with van der Waals surface area (Å²) in [4.78, 5) is 56.5. The monoisotopic (exact) mass is 572 g/mol. The SMILES string of the molecule is CCCCN1C=C/C(=C/c2c(-c3c(/C=C4/N(CCCC)c5ccccc5C4(C)C)c(=O)c3=O)c(=O)c2=O)c2ccccc21. The Kier molecular flexibility index (Phi) is 7.25. The van der Waals surface area contributed by atoms with Gasteiger partial charge in [-0.25, -0.2) is 0 Å². The molecule has 6 heteroatoms. The molecule has 4 aromatic carbocycles. The average molecular weight is 573 g/mol. The highest BCUT2D eigenvalue weighted by Crippen LogP contribution is 2.48. The van der Waals surface area contributed by atoms with E-state index in [1.165, 1.54) is 0 Å². The summed E-state index contributed by atoms with van der Waals surface area (Å²) in [6, 6.07) is 16.1. The van der Waals surface area contributed by atoms with Gasteiger partial charge in [0.25, 0.3) is 0 Å². The Hall–Kier alpha value is -4.58. The number of benzene rings is 2. The number of rotatable bonds is 9. The van der Waals surface area contributed by atoms with Crippen molar-refractivity contribution < 1.29 is 0 Å². The summed E-state index contributed by atoms with van der Waals surface area (Å²) in [6.45, 7) is 10.2. The number of hydrogen-bond acceptors (Lipinski definition) is 6. The molecule has 0 unspecified atom stereocenters. The van der Waals surface area contributed by atoms with Crippen LogP contribution in [0.25, 0.3) is 28.9 Å². The van der Waals surface area contributed by atoms with Crippen LogP contribution in [0.15, 0.2) is 85.7 Å². The second kappa shape index (κ2) is 10.9. The fraction of sp³-hybridized carbons (Fsp3) is 0.297. The van der Waals surface area contributed by atoms with Crippen LogP contribution < -0.4 is 31.5 Å². The molecular formula is C37H36N2O4. The molecule has 6 nitrogen and oxygen atoms in total. The molecule has 4 aromatic rings. The first kappa shape index (κ1) is 28.5. The lowest BCUT2D eigenvalue weighted by Gasteiger charge is -2.28. The molecule has 2 aliphatic rings. The van der Waals surface area contributed by atoms with Crippen molar-refractivity contribution in [3.63, 3.8) is 0 Å². The topological polar surface area (TPSA) is 74.8 Å². The smallest absolute Gasteiger partial charge is 0.235 e. The van der Waals surface area contributed by atoms with E-state index < -0.39 is 27.1 Å². The summed E-state index contributed by atoms with van der Waals surface area (Å²) in [5.74, 6) is 0. The van der Waals surface area contributed by atoms with Gasteiger partial charge in [-0.1, -0.05) is 76.9 Å². The summed E-state index contributed by atoms with van der Waals surface area (Å²) in [6.07, 6.45) is 11.5. The summed E-state index contributed by atoms with van der Waals surface area (Å²) in [7, 11) is 0. The Bertz CT molecular complexity index is 1970. The van der Waals surface area contributed by atoms with Crippen LogP contribution in [-0.2, 0) is 5.41 Å². The van der Waals surface area contributed by atoms with Crippen molar-refractivity contribution in [1.29, 1.82) is 0 Å². The number of allylic oxidation sites excluding steroid dienone is 3. The van der Waals surface area contributed by atoms with Crippen LogP contribution in [0.1, 0.15) is 75.6 Å². The van der Waals surface area contributed by atoms with E-state index in [-0.39, 0.29) is 22.3 Å². The van der Waals surface area contributed by atoms with E-state index in [0.29, 0.717) is 0 Å². The fourth-order valence-electron chi connectivity index (χ4n) is 6.50. The van der Waals surface area contributed by atoms with Gasteiger partial charge >= 0.3 is 0 Å². The van der Waals surface area contributed by atoms with Gasteiger partial charge < -0.3 is 9.80 Å². The standard InChI is InChI=1S/C37H36N2O4/c1-5-7-18-38-20-17-23(24-13-9-11-15-28(24)38)21-25-31(35(42)33(25)40)32-26(34(41)36(32)43)22-30-37(3,4)27-14-10-12-16-29(27)39(30)19-8-6-2/h9-17,20-22H,5-8,18-19H2,1-4H3/b23-21-,30-22+. The van der Waals surface area contributed by atoms with E-state index in [1.807, 2.05) is 48.7 Å². The summed E-state index contributed by atoms with van der Waals surface area (Å²) in [5, 5.41) is 0. The van der Waals surface area contributed by atoms with Crippen molar-refractivity contribution in [2.75, 3.05) is 22.9 Å². The molecule has 2 aliphatic heterocycles. The Morgan fingerprint density at radius 2 is 1.28 bits per heavy atom. The lowest BCUT2D eigenvalue weighted by molar-refractivity contribution is 0.629. The molecule has 0 spiro atoms. The van der Waals surface area contributed by atoms with Gasteiger partial charge in [0.2, 0.25) is 21.7 Å². The molecule has 0 atom stereocenters. The first-order valence-electron chi connectivity index (χ1n) is 15.2. The zero-order valence-electron chi connectivity index (χ0n) is 25.2. The van der Waals surface area contributed by atoms with Gasteiger partial charge in [0, 0.05) is 69.6 Å². The zero-order chi connectivity index (χ0) is 30.5. The molecule has 0 aliphatic carbocycles. The van der Waals surface area contributed by atoms with Gasteiger partial charge in [-0.05, 0) is 54.3 Å². The molecule has 0 saturated heterocycles. The van der Waals surface area contributed by atoms with Crippen LogP contribution in [0.2, 0.25) is 0 Å². The average Bonchev–Trinajstić information content (AvgIpc) is 3.24. The third-order valence-corrected chi connectivity index (χ3v) is 8.97. The quantitative estimate of drug-likeness (QED) is 0.224. The van der Waals surface area contributed by atoms with Crippen LogP contribution in [0, 0.1) is 0 Å². The highest BCUT2D eigenvalue weighted by atomic mass is 16.2. The van der Waals surface area contributed by atoms with E-state index in [9.17, 15) is 19.2 Å². The molecule has 218 valence electrons. The molecule has 0 radical (unpaired) electrons. The number of unbranched alkanes of at least 4 members (excludes halogenated alkanes) is 2. The van der Waals surface area contributed by atoms with Gasteiger partial charge in [0.05, 0.1) is 0 Å². The maximum atomic E-state index is 13.1. The number of fused-ring (bicyclic) bond motifs is 2. The van der Waals surface area contributed by atoms with E-state index in [1.54, 1.807) is 12.2 Å². The predicted molar refractivity (Wildman–Crippen MR) is 177 cm³/mol. The number of hydrogen-bond donors (Lipinski definition) is 0. The summed E-state index contributed by atoms with van der Waals surface area (Å²) >= 11 is 0. The highest BCUT2D eigenvalue weighted by Gasteiger charge is 2.41. The normalized spacial score (nSPS) is 17.4. The van der Waals surface area contributed by atoms with Gasteiger partial charge in [0.1, 0.15) is 0 Å². The van der Waals surface area contributed by atoms with Crippen LogP contribution in [-0.4, -0.2) is 13.1 Å². The Morgan fingerprint density at radius 1 is 0.698 bits per heavy atom. The maximum absolute atomic E-state index is 13.1. The van der Waals surface area contributed by atoms with Crippen LogP contribution in [0.4, 0.5) is 11.4 Å². The van der Waals surface area contributed by atoms with Crippen molar-refractivity contribution in [1.82, 2.24) is 0 Å². The summed E-state index contributed by atoms with van der Waals surface area (Å²) in [5.41, 5.74) is 3.32. The molecule has 0 N–H and O–H groups in total. The number of nitrogens with zero attached hydrogens (tertiary/aromatic N) is 2. The molecule has 2 heterocycles. The van der Waals surface area contributed by atoms with Crippen molar-refractivity contribution in [2.24, 2.45) is 0 Å². The first-order chi connectivity index (χ1) is 20.7. The molecule has 0 saturated carbocycles. The molecule has 0 fully saturated rings. The minimum absolute atomic E-state index is 0.0571. The minimum atomic E-state index is -0.715. The Labute approximate surface area is 251 Å². The van der Waals surface area contributed by atoms with Gasteiger partial charge in [-0.3, -0.25) is 19.2 Å². The van der Waals surface area contributed by atoms with Crippen molar-refractivity contribution >= 4 is 29.1 Å². The van der Waals surface area contributed by atoms with Crippen molar-refractivity contribution in [3.05, 3.63) is 130 Å². The van der Waals surface area contributed by atoms with Crippen LogP contribution in [0.3, 0.4) is 0 Å². The zero-order valence-corrected chi connectivity index (χ0v) is 25.2. The molecule has 0 aromatic heterocycles. The second-order valence-corrected chi connectivity index (χ2v) is 12.1. The second-order valence-electron chi connectivity index (χ2n) is 12.1. The van der Waals surface area contributed by atoms with Gasteiger partial charge in [-0.15, -0.1) is 0 Å². The third kappa shape index (κ3) is 4.48. The summed E-state index contributed by atoms with van der Waals surface area (Å²) < 4.78 is 0. The van der Waals surface area contributed by atoms with Gasteiger partial charge in [-0.2, -0.15) is 0 Å². The molecular weight excluding hydrogens is 536 g/mol. The van der Waals surface area contributed by atoms with Crippen molar-refractivity contribution in [3.8, 4) is 11.1 Å². The van der Waals surface area contributed by atoms with E-state index in [0.717, 1.165) is 72.5 Å². The molecule has 0 bridgehead atoms. The van der Waals surface area contributed by atoms with Crippen LogP contribution >= 0.6 is 0 Å². The third-order valence-electron chi connectivity index (χ3n) is 8.97. The molecule has 43 heavy (non-hydrogen) atoms. The van der Waals surface area contributed by atoms with E-state index >= 15 is 0 Å². The molecule has 0 amide bonds. The van der Waals surface area contributed by atoms with Crippen molar-refractivity contribution in [2.45, 2.75) is 58.8 Å². The maximum Gasteiger partial charge on any atom is 0.235 e. The Morgan fingerprint density at radius 3 is 1.95 bits per heavy atom. The fourth-order valence-corrected chi connectivity index (χ4v) is 6.50. The largest absolute Gasteiger partial charge is 0.347 e. The molecule has 6 rings (SSSR count). The number of para-hydroxylation sites is 2. The lowest BCUT2D eigenvalue weighted by Crippen LogP contribution is -2.44. The Balaban J connectivity index is 1.45. The van der Waals surface area contributed by atoms with E-state index in [4.69, 9.17) is 0 Å². The highest BCUT2D eigenvalue weighted by molar-refractivity contribution is 5.99. The van der Waals surface area contributed by atoms with Crippen LogP contribution in [0.5, 0.6) is 0 Å². The van der Waals surface area contributed by atoms with Gasteiger partial charge in [0.15, 0.2) is 0 Å².